The summed E-state index contributed by atoms with van der Waals surface area (Å²) >= 11 is 5.10. The van der Waals surface area contributed by atoms with Gasteiger partial charge in [0.25, 0.3) is 0 Å². The summed E-state index contributed by atoms with van der Waals surface area (Å²) in [5, 5.41) is 8.07. The van der Waals surface area contributed by atoms with Gasteiger partial charge >= 0.3 is 0 Å². The van der Waals surface area contributed by atoms with Crippen LogP contribution in [-0.2, 0) is 0 Å². The summed E-state index contributed by atoms with van der Waals surface area (Å²) in [6.07, 6.45) is 7.24. The summed E-state index contributed by atoms with van der Waals surface area (Å²) in [6, 6.07) is 6.21. The van der Waals surface area contributed by atoms with E-state index in [1.54, 1.807) is 18.2 Å². The van der Waals surface area contributed by atoms with Crippen LogP contribution in [0.25, 0.3) is 0 Å². The number of benzene rings is 1. The number of hydrogen-bond donors (Lipinski definition) is 5. The van der Waals surface area contributed by atoms with Crippen molar-refractivity contribution >= 4 is 55.8 Å². The van der Waals surface area contributed by atoms with E-state index in [0.29, 0.717) is 14.4 Å². The number of nitrogens with two attached hydrogens (primary N) is 1. The van der Waals surface area contributed by atoms with Gasteiger partial charge in [-0.25, -0.2) is 4.99 Å². The van der Waals surface area contributed by atoms with Crippen molar-refractivity contribution in [3.05, 3.63) is 42.8 Å². The van der Waals surface area contributed by atoms with Crippen molar-refractivity contribution in [1.29, 1.82) is 0 Å². The van der Waals surface area contributed by atoms with Crippen molar-refractivity contribution in [1.82, 2.24) is 10.4 Å². The van der Waals surface area contributed by atoms with Crippen LogP contribution in [0, 0.1) is 10.8 Å². The minimum Gasteiger partial charge on any atom is -0.401 e. The highest BCUT2D eigenvalue weighted by Gasteiger charge is 2.37. The van der Waals surface area contributed by atoms with Crippen LogP contribution in [-0.4, -0.2) is 24.9 Å². The number of anilines is 1. The Morgan fingerprint density at radius 3 is 2.11 bits per heavy atom. The van der Waals surface area contributed by atoms with E-state index < -0.39 is 5.41 Å². The van der Waals surface area contributed by atoms with Crippen molar-refractivity contribution in [3.63, 3.8) is 0 Å². The number of rotatable bonds is 8. The largest absolute Gasteiger partial charge is 0.401 e. The van der Waals surface area contributed by atoms with E-state index in [9.17, 15) is 0 Å². The Kier molecular flexibility index (Phi) is 19.4. The predicted octanol–water partition coefficient (Wildman–Crippen LogP) is 7.63. The zero-order valence-electron chi connectivity index (χ0n) is 23.9. The van der Waals surface area contributed by atoms with Gasteiger partial charge in [0.15, 0.2) is 0 Å². The van der Waals surface area contributed by atoms with Gasteiger partial charge in [-0.15, -0.1) is 0 Å². The van der Waals surface area contributed by atoms with Crippen molar-refractivity contribution in [2.24, 2.45) is 21.6 Å². The quantitative estimate of drug-likeness (QED) is 0.133. The van der Waals surface area contributed by atoms with Gasteiger partial charge in [0.05, 0.1) is 5.69 Å². The Bertz CT molecular complexity index is 788. The van der Waals surface area contributed by atoms with E-state index in [4.69, 9.17) is 10.7 Å². The molecular weight excluding hydrogens is 489 g/mol. The van der Waals surface area contributed by atoms with Crippen LogP contribution < -0.4 is 26.2 Å². The molecule has 5 nitrogen and oxygen atoms in total. The first-order chi connectivity index (χ1) is 16.4. The maximum atomic E-state index is 6.22. The number of amidine groups is 1. The van der Waals surface area contributed by atoms with Crippen LogP contribution in [0.5, 0.6) is 0 Å². The minimum absolute atomic E-state index is 0.257. The van der Waals surface area contributed by atoms with Crippen LogP contribution in [0.3, 0.4) is 0 Å². The van der Waals surface area contributed by atoms with Crippen molar-refractivity contribution in [2.75, 3.05) is 23.8 Å². The van der Waals surface area contributed by atoms with Crippen LogP contribution in [0.2, 0.25) is 0 Å². The molecule has 0 amide bonds. The standard InChI is InChI=1S/C20H32N5PS.2C3H8.CH4S/c1-13(21)20(6,14(2)22-11-10-19(3,4)5)18-23-16-9-8-15(25-27-7)12-17(16)26-24-18;2*1-3-2;1-2/h8-9,12,22,25-26H,1-2,10-11,21H2,3-7H3,(H,23,24);2*3H2,1-2H3;2H,1H3. The first kappa shape index (κ1) is 35.9. The van der Waals surface area contributed by atoms with Gasteiger partial charge in [-0.05, 0) is 43.2 Å². The first-order valence-electron chi connectivity index (χ1n) is 12.3. The minimum atomic E-state index is -0.654. The summed E-state index contributed by atoms with van der Waals surface area (Å²) in [5.41, 5.74) is 9.20. The monoisotopic (exact) mass is 541 g/mol. The summed E-state index contributed by atoms with van der Waals surface area (Å²) in [4.78, 5) is 4.85. The van der Waals surface area contributed by atoms with Crippen LogP contribution in [0.1, 0.15) is 74.7 Å². The van der Waals surface area contributed by atoms with E-state index in [0.717, 1.165) is 35.9 Å². The lowest BCUT2D eigenvalue weighted by Gasteiger charge is -2.36. The molecule has 0 radical (unpaired) electrons. The normalized spacial score (nSPS) is 14.0. The third-order valence-electron chi connectivity index (χ3n) is 4.70. The Morgan fingerprint density at radius 2 is 1.66 bits per heavy atom. The molecular formula is C27H52N5PS2. The number of fused-ring (bicyclic) bond motifs is 1. The Labute approximate surface area is 228 Å². The van der Waals surface area contributed by atoms with E-state index in [1.165, 1.54) is 18.1 Å². The molecule has 1 aliphatic heterocycles. The molecule has 2 rings (SSSR count). The predicted molar refractivity (Wildman–Crippen MR) is 171 cm³/mol. The number of thiol groups is 1. The number of aliphatic imine (C=N–C) groups is 1. The molecule has 0 fully saturated rings. The average Bonchev–Trinajstić information content (AvgIpc) is 2.79. The van der Waals surface area contributed by atoms with E-state index in [-0.39, 0.29) is 5.41 Å². The zero-order valence-corrected chi connectivity index (χ0v) is 26.6. The second kappa shape index (κ2) is 18.9. The van der Waals surface area contributed by atoms with Crippen LogP contribution in [0.4, 0.5) is 11.4 Å². The van der Waals surface area contributed by atoms with Crippen molar-refractivity contribution in [3.8, 4) is 0 Å². The molecule has 0 aliphatic carbocycles. The molecule has 5 N–H and O–H groups in total. The molecule has 1 aliphatic rings. The first-order valence-corrected chi connectivity index (χ1v) is 15.4. The molecule has 1 aromatic carbocycles. The molecule has 0 saturated carbocycles. The van der Waals surface area contributed by atoms with Gasteiger partial charge in [-0.3, -0.25) is 0 Å². The Balaban J connectivity index is 0. The molecule has 0 bridgehead atoms. The molecule has 8 heteroatoms. The third kappa shape index (κ3) is 13.0. The third-order valence-corrected chi connectivity index (χ3v) is 6.17. The average molecular weight is 542 g/mol. The van der Waals surface area contributed by atoms with E-state index >= 15 is 0 Å². The van der Waals surface area contributed by atoms with Crippen molar-refractivity contribution < 1.29 is 0 Å². The lowest BCUT2D eigenvalue weighted by atomic mass is 9.82. The van der Waals surface area contributed by atoms with E-state index in [2.05, 4.69) is 95.4 Å². The molecule has 1 heterocycles. The van der Waals surface area contributed by atoms with E-state index in [1.807, 2.05) is 25.3 Å². The maximum Gasteiger partial charge on any atom is 0.123 e. The highest BCUT2D eigenvalue weighted by atomic mass is 32.2. The number of nitrogens with one attached hydrogen (secondary N) is 3. The van der Waals surface area contributed by atoms with Crippen LogP contribution >= 0.6 is 33.3 Å². The lowest BCUT2D eigenvalue weighted by Crippen LogP contribution is -2.46. The molecule has 2 unspecified atom stereocenters. The second-order valence-corrected chi connectivity index (χ2v) is 11.2. The van der Waals surface area contributed by atoms with Gasteiger partial charge in [0, 0.05) is 43.9 Å². The SMILES string of the molecule is C=C(N)C(C)(C(=C)NCCC(C)(C)C)C1=Nc2ccc(NSC)cc2PN1.CCC.CCC.CS. The fraction of sp³-hybridized carbons (Fsp3) is 0.593. The Morgan fingerprint density at radius 1 is 1.11 bits per heavy atom. The topological polar surface area (TPSA) is 74.5 Å². The summed E-state index contributed by atoms with van der Waals surface area (Å²) in [5.74, 6) is 0.791. The molecule has 0 aromatic heterocycles. The maximum absolute atomic E-state index is 6.22. The van der Waals surface area contributed by atoms with Crippen molar-refractivity contribution in [2.45, 2.75) is 74.7 Å². The zero-order chi connectivity index (χ0) is 27.7. The molecule has 2 atom stereocenters. The van der Waals surface area contributed by atoms with Gasteiger partial charge in [0.2, 0.25) is 0 Å². The van der Waals surface area contributed by atoms with Gasteiger partial charge in [-0.2, -0.15) is 12.6 Å². The van der Waals surface area contributed by atoms with Crippen LogP contribution in [0.15, 0.2) is 47.7 Å². The highest BCUT2D eigenvalue weighted by Crippen LogP contribution is 2.36. The summed E-state index contributed by atoms with van der Waals surface area (Å²) in [7, 11) is 0.411. The fourth-order valence-electron chi connectivity index (χ4n) is 2.68. The van der Waals surface area contributed by atoms with Gasteiger partial charge in [0.1, 0.15) is 11.3 Å². The molecule has 0 saturated heterocycles. The smallest absolute Gasteiger partial charge is 0.123 e. The summed E-state index contributed by atoms with van der Waals surface area (Å²) < 4.78 is 3.26. The second-order valence-electron chi connectivity index (χ2n) is 9.53. The molecule has 35 heavy (non-hydrogen) atoms. The summed E-state index contributed by atoms with van der Waals surface area (Å²) in [6.45, 7) is 26.3. The fourth-order valence-corrected chi connectivity index (χ4v) is 4.10. The molecule has 202 valence electrons. The van der Waals surface area contributed by atoms with Gasteiger partial charge in [-0.1, -0.05) is 86.4 Å². The lowest BCUT2D eigenvalue weighted by molar-refractivity contribution is 0.369. The Hall–Kier alpha value is -1.30. The number of nitrogens with zero attached hydrogens (tertiary/aromatic N) is 1. The van der Waals surface area contributed by atoms with Gasteiger partial charge < -0.3 is 20.9 Å². The molecule has 1 aromatic rings. The molecule has 0 spiro atoms. The highest BCUT2D eigenvalue weighted by molar-refractivity contribution is 7.99. The number of hydrogen-bond acceptors (Lipinski definition) is 7.